The summed E-state index contributed by atoms with van der Waals surface area (Å²) in [5.41, 5.74) is 1.07. The molecule has 2 rings (SSSR count). The Kier molecular flexibility index (Phi) is 5.99. The van der Waals surface area contributed by atoms with Crippen molar-refractivity contribution in [3.05, 3.63) is 35.9 Å². The number of likely N-dealkylation sites (tertiary alicyclic amines) is 1. The van der Waals surface area contributed by atoms with Crippen LogP contribution in [0, 0.1) is 5.92 Å². The van der Waals surface area contributed by atoms with Crippen LogP contribution in [0.25, 0.3) is 0 Å². The average molecular weight is 303 g/mol. The first-order valence-corrected chi connectivity index (χ1v) is 8.17. The van der Waals surface area contributed by atoms with E-state index < -0.39 is 5.97 Å². The molecule has 1 aliphatic heterocycles. The summed E-state index contributed by atoms with van der Waals surface area (Å²) >= 11 is 0. The molecule has 1 aromatic rings. The Morgan fingerprint density at radius 3 is 2.68 bits per heavy atom. The van der Waals surface area contributed by atoms with E-state index in [0.29, 0.717) is 18.9 Å². The van der Waals surface area contributed by atoms with Gasteiger partial charge < -0.3 is 10.0 Å². The predicted molar refractivity (Wildman–Crippen MR) is 85.6 cm³/mol. The first-order valence-electron chi connectivity index (χ1n) is 8.17. The number of benzene rings is 1. The molecule has 0 saturated carbocycles. The van der Waals surface area contributed by atoms with Crippen molar-refractivity contribution < 1.29 is 14.7 Å². The lowest BCUT2D eigenvalue weighted by Crippen LogP contribution is -2.42. The molecule has 1 heterocycles. The fraction of sp³-hybridized carbons (Fsp3) is 0.556. The molecule has 0 unspecified atom stereocenters. The second-order valence-electron chi connectivity index (χ2n) is 6.10. The number of carbonyl (C=O) groups excluding carboxylic acids is 1. The Labute approximate surface area is 132 Å². The summed E-state index contributed by atoms with van der Waals surface area (Å²) < 4.78 is 0. The average Bonchev–Trinajstić information content (AvgIpc) is 2.55. The Bertz CT molecular complexity index is 500. The van der Waals surface area contributed by atoms with Crippen molar-refractivity contribution in [1.82, 2.24) is 4.90 Å². The standard InChI is InChI=1S/C18H25NO3/c1-2-16(15-8-4-3-5-9-15)18(22)19-12-6-7-14(13-19)10-11-17(20)21/h3-5,8-9,14,16H,2,6-7,10-13H2,1H3,(H,20,21)/t14-,16-/m0/s1. The highest BCUT2D eigenvalue weighted by Gasteiger charge is 2.28. The number of hydrogen-bond acceptors (Lipinski definition) is 2. The van der Waals surface area contributed by atoms with Gasteiger partial charge in [0.15, 0.2) is 0 Å². The van der Waals surface area contributed by atoms with Crippen molar-refractivity contribution in [3.63, 3.8) is 0 Å². The summed E-state index contributed by atoms with van der Waals surface area (Å²) in [6.07, 6.45) is 3.66. The second kappa shape index (κ2) is 7.97. The van der Waals surface area contributed by atoms with E-state index >= 15 is 0 Å². The minimum Gasteiger partial charge on any atom is -0.481 e. The summed E-state index contributed by atoms with van der Waals surface area (Å²) in [7, 11) is 0. The van der Waals surface area contributed by atoms with Crippen LogP contribution in [0.1, 0.15) is 50.5 Å². The minimum atomic E-state index is -0.751. The molecular formula is C18H25NO3. The number of nitrogens with zero attached hydrogens (tertiary/aromatic N) is 1. The van der Waals surface area contributed by atoms with Gasteiger partial charge in [-0.3, -0.25) is 9.59 Å². The smallest absolute Gasteiger partial charge is 0.303 e. The van der Waals surface area contributed by atoms with Gasteiger partial charge in [-0.05, 0) is 37.2 Å². The quantitative estimate of drug-likeness (QED) is 0.877. The molecule has 0 aliphatic carbocycles. The monoisotopic (exact) mass is 303 g/mol. The molecule has 1 aliphatic rings. The topological polar surface area (TPSA) is 57.6 Å². The zero-order valence-corrected chi connectivity index (χ0v) is 13.2. The molecule has 1 fully saturated rings. The summed E-state index contributed by atoms with van der Waals surface area (Å²) in [5, 5.41) is 8.81. The lowest BCUT2D eigenvalue weighted by Gasteiger charge is -2.35. The van der Waals surface area contributed by atoms with Crippen LogP contribution in [-0.4, -0.2) is 35.0 Å². The maximum absolute atomic E-state index is 12.8. The molecule has 2 atom stereocenters. The molecule has 1 N–H and O–H groups in total. The lowest BCUT2D eigenvalue weighted by molar-refractivity contribution is -0.137. The van der Waals surface area contributed by atoms with Gasteiger partial charge in [-0.2, -0.15) is 0 Å². The Hall–Kier alpha value is -1.84. The Morgan fingerprint density at radius 2 is 2.05 bits per heavy atom. The van der Waals surface area contributed by atoms with Gasteiger partial charge in [-0.1, -0.05) is 37.3 Å². The van der Waals surface area contributed by atoms with Crippen molar-refractivity contribution in [3.8, 4) is 0 Å². The van der Waals surface area contributed by atoms with E-state index in [9.17, 15) is 9.59 Å². The van der Waals surface area contributed by atoms with Gasteiger partial charge in [0.1, 0.15) is 0 Å². The van der Waals surface area contributed by atoms with Crippen LogP contribution in [0.5, 0.6) is 0 Å². The highest BCUT2D eigenvalue weighted by molar-refractivity contribution is 5.83. The molecule has 22 heavy (non-hydrogen) atoms. The van der Waals surface area contributed by atoms with E-state index in [-0.39, 0.29) is 18.2 Å². The molecule has 0 radical (unpaired) electrons. The normalized spacial score (nSPS) is 19.7. The number of carboxylic acids is 1. The summed E-state index contributed by atoms with van der Waals surface area (Å²) in [6.45, 7) is 3.54. The molecule has 1 amide bonds. The van der Waals surface area contributed by atoms with E-state index in [1.807, 2.05) is 42.2 Å². The van der Waals surface area contributed by atoms with Crippen LogP contribution in [0.3, 0.4) is 0 Å². The first kappa shape index (κ1) is 16.5. The fourth-order valence-corrected chi connectivity index (χ4v) is 3.29. The molecule has 4 nitrogen and oxygen atoms in total. The number of carbonyl (C=O) groups is 2. The SMILES string of the molecule is CC[C@H](C(=O)N1CCC[C@@H](CCC(=O)O)C1)c1ccccc1. The van der Waals surface area contributed by atoms with Gasteiger partial charge in [-0.25, -0.2) is 0 Å². The van der Waals surface area contributed by atoms with Gasteiger partial charge in [0.2, 0.25) is 5.91 Å². The van der Waals surface area contributed by atoms with Crippen molar-refractivity contribution in [2.45, 2.75) is 44.9 Å². The van der Waals surface area contributed by atoms with Crippen LogP contribution in [0.15, 0.2) is 30.3 Å². The minimum absolute atomic E-state index is 0.0839. The van der Waals surface area contributed by atoms with Crippen LogP contribution >= 0.6 is 0 Å². The van der Waals surface area contributed by atoms with E-state index in [2.05, 4.69) is 0 Å². The molecule has 0 aromatic heterocycles. The summed E-state index contributed by atoms with van der Waals surface area (Å²) in [6, 6.07) is 9.92. The number of carboxylic acid groups (broad SMARTS) is 1. The third-order valence-electron chi connectivity index (χ3n) is 4.51. The molecule has 0 spiro atoms. The molecule has 4 heteroatoms. The largest absolute Gasteiger partial charge is 0.481 e. The van der Waals surface area contributed by atoms with Crippen molar-refractivity contribution in [2.24, 2.45) is 5.92 Å². The highest BCUT2D eigenvalue weighted by atomic mass is 16.4. The van der Waals surface area contributed by atoms with Crippen molar-refractivity contribution >= 4 is 11.9 Å². The third-order valence-corrected chi connectivity index (χ3v) is 4.51. The summed E-state index contributed by atoms with van der Waals surface area (Å²) in [4.78, 5) is 25.5. The van der Waals surface area contributed by atoms with E-state index in [0.717, 1.165) is 31.4 Å². The maximum Gasteiger partial charge on any atom is 0.303 e. The number of amides is 1. The number of piperidine rings is 1. The van der Waals surface area contributed by atoms with Gasteiger partial charge in [0.05, 0.1) is 5.92 Å². The molecular weight excluding hydrogens is 278 g/mol. The van der Waals surface area contributed by atoms with Crippen LogP contribution < -0.4 is 0 Å². The van der Waals surface area contributed by atoms with Crippen molar-refractivity contribution in [1.29, 1.82) is 0 Å². The van der Waals surface area contributed by atoms with Crippen LogP contribution in [0.2, 0.25) is 0 Å². The third kappa shape index (κ3) is 4.33. The highest BCUT2D eigenvalue weighted by Crippen LogP contribution is 2.27. The van der Waals surface area contributed by atoms with Gasteiger partial charge >= 0.3 is 5.97 Å². The zero-order chi connectivity index (χ0) is 15.9. The lowest BCUT2D eigenvalue weighted by atomic mass is 9.90. The number of hydrogen-bond donors (Lipinski definition) is 1. The van der Waals surface area contributed by atoms with E-state index in [1.54, 1.807) is 0 Å². The Morgan fingerprint density at radius 1 is 1.32 bits per heavy atom. The maximum atomic E-state index is 12.8. The van der Waals surface area contributed by atoms with E-state index in [1.165, 1.54) is 0 Å². The van der Waals surface area contributed by atoms with Crippen LogP contribution in [-0.2, 0) is 9.59 Å². The van der Waals surface area contributed by atoms with E-state index in [4.69, 9.17) is 5.11 Å². The molecule has 120 valence electrons. The number of aliphatic carboxylic acids is 1. The van der Waals surface area contributed by atoms with Gasteiger partial charge in [0.25, 0.3) is 0 Å². The van der Waals surface area contributed by atoms with Crippen molar-refractivity contribution in [2.75, 3.05) is 13.1 Å². The van der Waals surface area contributed by atoms with Gasteiger partial charge in [0, 0.05) is 19.5 Å². The summed E-state index contributed by atoms with van der Waals surface area (Å²) in [5.74, 6) is -0.325. The number of rotatable bonds is 6. The molecule has 1 aromatic carbocycles. The van der Waals surface area contributed by atoms with Crippen LogP contribution in [0.4, 0.5) is 0 Å². The first-order chi connectivity index (χ1) is 10.6. The Balaban J connectivity index is 1.99. The second-order valence-corrected chi connectivity index (χ2v) is 6.10. The van der Waals surface area contributed by atoms with Gasteiger partial charge in [-0.15, -0.1) is 0 Å². The predicted octanol–water partition coefficient (Wildman–Crippen LogP) is 3.28. The fourth-order valence-electron chi connectivity index (χ4n) is 3.29. The molecule has 0 bridgehead atoms. The molecule has 1 saturated heterocycles. The zero-order valence-electron chi connectivity index (χ0n) is 13.2.